The highest BCUT2D eigenvalue weighted by Crippen LogP contribution is 2.31. The average Bonchev–Trinajstić information content (AvgIpc) is 3.26. The maximum absolute atomic E-state index is 13.0. The molecule has 2 aliphatic heterocycles. The number of piperazine rings is 1. The van der Waals surface area contributed by atoms with E-state index in [2.05, 4.69) is 0 Å². The first kappa shape index (κ1) is 22.9. The van der Waals surface area contributed by atoms with Gasteiger partial charge in [-0.1, -0.05) is 11.6 Å². The first-order chi connectivity index (χ1) is 15.3. The normalized spacial score (nSPS) is 18.0. The summed E-state index contributed by atoms with van der Waals surface area (Å²) in [4.78, 5) is 27.5. The zero-order valence-electron chi connectivity index (χ0n) is 17.0. The number of amides is 1. The van der Waals surface area contributed by atoms with Crippen LogP contribution in [0.5, 0.6) is 0 Å². The Labute approximate surface area is 194 Å². The third-order valence-corrected chi connectivity index (χ3v) is 9.04. The molecule has 0 atom stereocenters. The molecule has 172 valence electrons. The highest BCUT2D eigenvalue weighted by Gasteiger charge is 2.32. The number of thiophene rings is 1. The van der Waals surface area contributed by atoms with Crippen molar-refractivity contribution < 1.29 is 22.9 Å². The van der Waals surface area contributed by atoms with E-state index in [4.69, 9.17) is 16.3 Å². The van der Waals surface area contributed by atoms with Crippen molar-refractivity contribution in [2.24, 2.45) is 0 Å². The van der Waals surface area contributed by atoms with Crippen LogP contribution in [-0.4, -0.2) is 80.9 Å². The summed E-state index contributed by atoms with van der Waals surface area (Å²) in [6, 6.07) is 7.47. The van der Waals surface area contributed by atoms with Crippen LogP contribution in [0.4, 0.5) is 11.4 Å². The predicted molar refractivity (Wildman–Crippen MR) is 120 cm³/mol. The maximum atomic E-state index is 13.0. The fraction of sp³-hybridized carbons (Fsp3) is 0.421. The van der Waals surface area contributed by atoms with Crippen LogP contribution in [0.15, 0.2) is 34.5 Å². The highest BCUT2D eigenvalue weighted by atomic mass is 35.5. The van der Waals surface area contributed by atoms with Crippen molar-refractivity contribution in [2.45, 2.75) is 4.21 Å². The largest absolute Gasteiger partial charge is 0.378 e. The lowest BCUT2D eigenvalue weighted by atomic mass is 10.1. The number of nitro benzene ring substituents is 1. The molecule has 3 heterocycles. The van der Waals surface area contributed by atoms with E-state index in [0.717, 1.165) is 11.3 Å². The van der Waals surface area contributed by atoms with Crippen molar-refractivity contribution in [1.29, 1.82) is 0 Å². The number of morpholine rings is 1. The Morgan fingerprint density at radius 2 is 1.75 bits per heavy atom. The average molecular weight is 501 g/mol. The van der Waals surface area contributed by atoms with Gasteiger partial charge in [0.25, 0.3) is 21.6 Å². The molecule has 32 heavy (non-hydrogen) atoms. The zero-order chi connectivity index (χ0) is 22.9. The summed E-state index contributed by atoms with van der Waals surface area (Å²) in [7, 11) is -3.67. The number of rotatable bonds is 5. The molecule has 1 aromatic heterocycles. The van der Waals surface area contributed by atoms with Gasteiger partial charge >= 0.3 is 0 Å². The summed E-state index contributed by atoms with van der Waals surface area (Å²) in [5, 5.41) is 11.6. The SMILES string of the molecule is O=C(c1ccc(N2CCOCC2)c([N+](=O)[O-])c1)N1CCN(S(=O)(=O)c2ccc(Cl)s2)CC1. The van der Waals surface area contributed by atoms with Crippen LogP contribution in [0.1, 0.15) is 10.4 Å². The molecule has 4 rings (SSSR count). The number of ether oxygens (including phenoxy) is 1. The molecule has 1 aromatic carbocycles. The van der Waals surface area contributed by atoms with Crippen LogP contribution in [0.3, 0.4) is 0 Å². The molecule has 0 N–H and O–H groups in total. The molecule has 0 unspecified atom stereocenters. The Balaban J connectivity index is 1.47. The maximum Gasteiger partial charge on any atom is 0.293 e. The molecule has 0 saturated carbocycles. The number of carbonyl (C=O) groups is 1. The summed E-state index contributed by atoms with van der Waals surface area (Å²) in [5.74, 6) is -0.363. The van der Waals surface area contributed by atoms with Crippen LogP contribution < -0.4 is 4.90 Å². The van der Waals surface area contributed by atoms with Crippen LogP contribution in [0.25, 0.3) is 0 Å². The smallest absolute Gasteiger partial charge is 0.293 e. The van der Waals surface area contributed by atoms with Gasteiger partial charge in [-0.15, -0.1) is 11.3 Å². The van der Waals surface area contributed by atoms with Gasteiger partial charge in [0.15, 0.2) is 0 Å². The second-order valence-corrected chi connectivity index (χ2v) is 11.2. The Morgan fingerprint density at radius 3 is 2.34 bits per heavy atom. The minimum absolute atomic E-state index is 0.131. The standard InChI is InChI=1S/C19H21ClN4O6S2/c20-17-3-4-18(31-17)32(28,29)23-7-5-22(6-8-23)19(25)14-1-2-15(16(13-14)24(26)27)21-9-11-30-12-10-21/h1-4,13H,5-12H2. The van der Waals surface area contributed by atoms with E-state index in [1.807, 2.05) is 4.90 Å². The van der Waals surface area contributed by atoms with Crippen molar-refractivity contribution in [3.63, 3.8) is 0 Å². The summed E-state index contributed by atoms with van der Waals surface area (Å²) in [6.07, 6.45) is 0. The third-order valence-electron chi connectivity index (χ3n) is 5.44. The summed E-state index contributed by atoms with van der Waals surface area (Å²) in [5.41, 5.74) is 0.531. The lowest BCUT2D eigenvalue weighted by molar-refractivity contribution is -0.384. The van der Waals surface area contributed by atoms with Gasteiger partial charge in [-0.3, -0.25) is 14.9 Å². The lowest BCUT2D eigenvalue weighted by Gasteiger charge is -2.34. The number of halogens is 1. The van der Waals surface area contributed by atoms with Crippen LogP contribution in [-0.2, 0) is 14.8 Å². The minimum atomic E-state index is -3.67. The van der Waals surface area contributed by atoms with Gasteiger partial charge in [0, 0.05) is 50.9 Å². The first-order valence-corrected chi connectivity index (χ1v) is 12.6. The molecule has 2 saturated heterocycles. The lowest BCUT2D eigenvalue weighted by Crippen LogP contribution is -2.50. The van der Waals surface area contributed by atoms with Gasteiger partial charge in [-0.25, -0.2) is 8.42 Å². The van der Waals surface area contributed by atoms with Gasteiger partial charge in [-0.05, 0) is 24.3 Å². The molecule has 0 radical (unpaired) electrons. The van der Waals surface area contributed by atoms with Gasteiger partial charge in [0.05, 0.1) is 22.5 Å². The molecule has 0 aliphatic carbocycles. The van der Waals surface area contributed by atoms with Gasteiger partial charge < -0.3 is 14.5 Å². The topological polar surface area (TPSA) is 113 Å². The van der Waals surface area contributed by atoms with Crippen molar-refractivity contribution in [3.8, 4) is 0 Å². The molecule has 0 spiro atoms. The molecule has 2 aliphatic rings. The van der Waals surface area contributed by atoms with E-state index in [-0.39, 0.29) is 47.5 Å². The summed E-state index contributed by atoms with van der Waals surface area (Å²) >= 11 is 6.85. The third kappa shape index (κ3) is 4.59. The monoisotopic (exact) mass is 500 g/mol. The number of anilines is 1. The number of hydrogen-bond acceptors (Lipinski definition) is 8. The number of hydrogen-bond donors (Lipinski definition) is 0. The number of benzene rings is 1. The summed E-state index contributed by atoms with van der Waals surface area (Å²) in [6.45, 7) is 2.72. The van der Waals surface area contributed by atoms with Crippen molar-refractivity contribution in [2.75, 3.05) is 57.4 Å². The molecule has 2 aromatic rings. The van der Waals surface area contributed by atoms with Gasteiger partial charge in [0.2, 0.25) is 0 Å². The minimum Gasteiger partial charge on any atom is -0.378 e. The number of sulfonamides is 1. The molecule has 10 nitrogen and oxygen atoms in total. The van der Waals surface area contributed by atoms with E-state index < -0.39 is 14.9 Å². The van der Waals surface area contributed by atoms with Crippen LogP contribution >= 0.6 is 22.9 Å². The quantitative estimate of drug-likeness (QED) is 0.457. The Hall–Kier alpha value is -2.25. The highest BCUT2D eigenvalue weighted by molar-refractivity contribution is 7.91. The van der Waals surface area contributed by atoms with E-state index in [1.54, 1.807) is 12.1 Å². The van der Waals surface area contributed by atoms with E-state index in [0.29, 0.717) is 36.3 Å². The predicted octanol–water partition coefficient (Wildman–Crippen LogP) is 2.29. The molecule has 0 bridgehead atoms. The number of nitrogens with zero attached hydrogens (tertiary/aromatic N) is 4. The van der Waals surface area contributed by atoms with Gasteiger partial charge in [0.1, 0.15) is 9.90 Å². The second kappa shape index (κ2) is 9.32. The Kier molecular flexibility index (Phi) is 6.67. The Bertz CT molecular complexity index is 1120. The van der Waals surface area contributed by atoms with E-state index in [1.165, 1.54) is 27.4 Å². The molecular weight excluding hydrogens is 480 g/mol. The van der Waals surface area contributed by atoms with Gasteiger partial charge in [-0.2, -0.15) is 4.31 Å². The second-order valence-electron chi connectivity index (χ2n) is 7.31. The van der Waals surface area contributed by atoms with Crippen molar-refractivity contribution in [1.82, 2.24) is 9.21 Å². The molecular formula is C19H21ClN4O6S2. The fourth-order valence-electron chi connectivity index (χ4n) is 3.75. The van der Waals surface area contributed by atoms with Crippen molar-refractivity contribution >= 4 is 50.2 Å². The number of carbonyl (C=O) groups excluding carboxylic acids is 1. The van der Waals surface area contributed by atoms with E-state index >= 15 is 0 Å². The van der Waals surface area contributed by atoms with E-state index in [9.17, 15) is 23.3 Å². The molecule has 1 amide bonds. The number of nitro groups is 1. The Morgan fingerprint density at radius 1 is 1.06 bits per heavy atom. The van der Waals surface area contributed by atoms with Crippen LogP contribution in [0.2, 0.25) is 4.34 Å². The molecule has 13 heteroatoms. The van der Waals surface area contributed by atoms with Crippen LogP contribution in [0, 0.1) is 10.1 Å². The summed E-state index contributed by atoms with van der Waals surface area (Å²) < 4.78 is 32.7. The van der Waals surface area contributed by atoms with Crippen molar-refractivity contribution in [3.05, 3.63) is 50.3 Å². The zero-order valence-corrected chi connectivity index (χ0v) is 19.4. The first-order valence-electron chi connectivity index (χ1n) is 9.93. The molecule has 2 fully saturated rings. The fourth-order valence-corrected chi connectivity index (χ4v) is 6.81.